The van der Waals surface area contributed by atoms with Crippen LogP contribution in [0.4, 0.5) is 5.69 Å². The van der Waals surface area contributed by atoms with Crippen LogP contribution < -0.4 is 9.62 Å². The highest BCUT2D eigenvalue weighted by Gasteiger charge is 2.32. The Morgan fingerprint density at radius 2 is 1.48 bits per heavy atom. The van der Waals surface area contributed by atoms with Gasteiger partial charge < -0.3 is 10.2 Å². The van der Waals surface area contributed by atoms with Gasteiger partial charge in [0, 0.05) is 36.5 Å². The van der Waals surface area contributed by atoms with Gasteiger partial charge in [-0.3, -0.25) is 13.9 Å². The van der Waals surface area contributed by atoms with Crippen molar-refractivity contribution in [3.8, 4) is 0 Å². The Labute approximate surface area is 243 Å². The number of carbonyl (C=O) groups is 2. The van der Waals surface area contributed by atoms with E-state index < -0.39 is 21.6 Å². The molecule has 0 bridgehead atoms. The van der Waals surface area contributed by atoms with Gasteiger partial charge in [-0.25, -0.2) is 8.42 Å². The number of amides is 2. The predicted octanol–water partition coefficient (Wildman–Crippen LogP) is 5.44. The summed E-state index contributed by atoms with van der Waals surface area (Å²) in [5.74, 6) is -0.523. The Balaban J connectivity index is 1.91. The van der Waals surface area contributed by atoms with Crippen LogP contribution in [0.1, 0.15) is 44.7 Å². The maximum Gasteiger partial charge on any atom is 0.243 e. The summed E-state index contributed by atoms with van der Waals surface area (Å²) in [6, 6.07) is 24.8. The molecular formula is C31H38ClN3O4S. The molecule has 1 atom stereocenters. The molecule has 0 aliphatic carbocycles. The van der Waals surface area contributed by atoms with Crippen molar-refractivity contribution < 1.29 is 18.0 Å². The number of para-hydroxylation sites is 1. The molecule has 40 heavy (non-hydrogen) atoms. The van der Waals surface area contributed by atoms with Crippen LogP contribution in [-0.2, 0) is 32.6 Å². The van der Waals surface area contributed by atoms with Crippen LogP contribution >= 0.6 is 11.6 Å². The van der Waals surface area contributed by atoms with E-state index in [4.69, 9.17) is 11.6 Å². The van der Waals surface area contributed by atoms with E-state index in [1.807, 2.05) is 75.4 Å². The number of carbonyl (C=O) groups excluding carboxylic acids is 2. The van der Waals surface area contributed by atoms with E-state index in [9.17, 15) is 18.0 Å². The Bertz CT molecular complexity index is 1380. The van der Waals surface area contributed by atoms with E-state index in [1.54, 1.807) is 35.2 Å². The van der Waals surface area contributed by atoms with Crippen molar-refractivity contribution in [2.24, 2.45) is 0 Å². The number of nitrogens with one attached hydrogen (secondary N) is 1. The van der Waals surface area contributed by atoms with E-state index in [0.717, 1.165) is 17.4 Å². The van der Waals surface area contributed by atoms with Gasteiger partial charge in [-0.2, -0.15) is 0 Å². The summed E-state index contributed by atoms with van der Waals surface area (Å²) >= 11 is 6.48. The molecule has 0 unspecified atom stereocenters. The number of halogens is 1. The number of nitrogens with zero attached hydrogens (tertiary/aromatic N) is 2. The van der Waals surface area contributed by atoms with Crippen LogP contribution in [0.25, 0.3) is 0 Å². The molecule has 0 heterocycles. The molecule has 0 spiro atoms. The van der Waals surface area contributed by atoms with Gasteiger partial charge in [0.25, 0.3) is 0 Å². The van der Waals surface area contributed by atoms with Crippen molar-refractivity contribution in [1.29, 1.82) is 0 Å². The van der Waals surface area contributed by atoms with Crippen molar-refractivity contribution in [2.45, 2.75) is 58.2 Å². The van der Waals surface area contributed by atoms with Crippen molar-refractivity contribution in [3.05, 3.63) is 101 Å². The molecule has 7 nitrogen and oxygen atoms in total. The van der Waals surface area contributed by atoms with Gasteiger partial charge >= 0.3 is 0 Å². The average molecular weight is 584 g/mol. The first-order valence-electron chi connectivity index (χ1n) is 13.3. The van der Waals surface area contributed by atoms with Crippen LogP contribution in [0.2, 0.25) is 5.02 Å². The molecule has 0 aliphatic heterocycles. The second-order valence-corrected chi connectivity index (χ2v) is 13.1. The standard InChI is InChI=1S/C31H38ClN3O4S/c1-31(2,3)33-30(37)28(22-24-14-7-5-8-15-24)34(23-25-16-11-12-19-27(25)32)29(36)20-13-21-35(40(4,38)39)26-17-9-6-10-18-26/h5-12,14-19,28H,13,20-23H2,1-4H3,(H,33,37)/t28-/m1/s1. The SMILES string of the molecule is CC(C)(C)NC(=O)[C@@H](Cc1ccccc1)N(Cc1ccccc1Cl)C(=O)CCCN(c1ccccc1)S(C)(=O)=O. The van der Waals surface area contributed by atoms with Crippen molar-refractivity contribution in [2.75, 3.05) is 17.1 Å². The molecule has 0 aliphatic rings. The Hall–Kier alpha value is -3.36. The number of hydrogen-bond acceptors (Lipinski definition) is 4. The fourth-order valence-electron chi connectivity index (χ4n) is 4.42. The zero-order valence-corrected chi connectivity index (χ0v) is 25.1. The van der Waals surface area contributed by atoms with Crippen molar-refractivity contribution >= 4 is 39.1 Å². The van der Waals surface area contributed by atoms with Gasteiger partial charge in [-0.05, 0) is 56.5 Å². The van der Waals surface area contributed by atoms with Crippen molar-refractivity contribution in [3.63, 3.8) is 0 Å². The van der Waals surface area contributed by atoms with E-state index in [2.05, 4.69) is 5.32 Å². The largest absolute Gasteiger partial charge is 0.350 e. The summed E-state index contributed by atoms with van der Waals surface area (Å²) < 4.78 is 26.3. The quantitative estimate of drug-likeness (QED) is 0.307. The fraction of sp³-hybridized carbons (Fsp3) is 0.355. The third kappa shape index (κ3) is 9.38. The topological polar surface area (TPSA) is 86.8 Å². The van der Waals surface area contributed by atoms with Crippen LogP contribution in [-0.4, -0.2) is 49.5 Å². The molecule has 0 aromatic heterocycles. The Kier molecular flexibility index (Phi) is 10.8. The molecular weight excluding hydrogens is 546 g/mol. The zero-order valence-electron chi connectivity index (χ0n) is 23.5. The minimum absolute atomic E-state index is 0.0530. The Morgan fingerprint density at radius 1 is 0.900 bits per heavy atom. The lowest BCUT2D eigenvalue weighted by atomic mass is 10.00. The van der Waals surface area contributed by atoms with Crippen LogP contribution in [0.5, 0.6) is 0 Å². The summed E-state index contributed by atoms with van der Waals surface area (Å²) in [6.07, 6.45) is 1.80. The van der Waals surface area contributed by atoms with Crippen molar-refractivity contribution in [1.82, 2.24) is 10.2 Å². The lowest BCUT2D eigenvalue weighted by Gasteiger charge is -2.34. The second-order valence-electron chi connectivity index (χ2n) is 10.8. The van der Waals surface area contributed by atoms with Gasteiger partial charge in [0.05, 0.1) is 11.9 Å². The summed E-state index contributed by atoms with van der Waals surface area (Å²) in [6.45, 7) is 5.96. The monoisotopic (exact) mass is 583 g/mol. The highest BCUT2D eigenvalue weighted by Crippen LogP contribution is 2.23. The molecule has 3 aromatic rings. The van der Waals surface area contributed by atoms with Gasteiger partial charge in [-0.1, -0.05) is 78.3 Å². The number of benzene rings is 3. The molecule has 214 valence electrons. The van der Waals surface area contributed by atoms with E-state index >= 15 is 0 Å². The number of anilines is 1. The minimum Gasteiger partial charge on any atom is -0.350 e. The average Bonchev–Trinajstić information content (AvgIpc) is 2.89. The fourth-order valence-corrected chi connectivity index (χ4v) is 5.58. The van der Waals surface area contributed by atoms with E-state index in [1.165, 1.54) is 4.31 Å². The molecule has 0 saturated carbocycles. The second kappa shape index (κ2) is 13.8. The first kappa shape index (κ1) is 31.2. The maximum absolute atomic E-state index is 13.9. The first-order chi connectivity index (χ1) is 18.8. The van der Waals surface area contributed by atoms with Gasteiger partial charge in [0.15, 0.2) is 0 Å². The molecule has 0 fully saturated rings. The number of sulfonamides is 1. The summed E-state index contributed by atoms with van der Waals surface area (Å²) in [5.41, 5.74) is 1.68. The van der Waals surface area contributed by atoms with Gasteiger partial charge in [0.2, 0.25) is 21.8 Å². The summed E-state index contributed by atoms with van der Waals surface area (Å²) in [5, 5.41) is 3.54. The molecule has 2 amide bonds. The highest BCUT2D eigenvalue weighted by molar-refractivity contribution is 7.92. The van der Waals surface area contributed by atoms with E-state index in [0.29, 0.717) is 17.1 Å². The molecule has 0 radical (unpaired) electrons. The zero-order chi connectivity index (χ0) is 29.3. The smallest absolute Gasteiger partial charge is 0.243 e. The van der Waals surface area contributed by atoms with E-state index in [-0.39, 0.29) is 37.7 Å². The first-order valence-corrected chi connectivity index (χ1v) is 15.5. The molecule has 0 saturated heterocycles. The number of hydrogen-bond donors (Lipinski definition) is 1. The van der Waals surface area contributed by atoms with Crippen LogP contribution in [0.3, 0.4) is 0 Å². The van der Waals surface area contributed by atoms with Gasteiger partial charge in [0.1, 0.15) is 6.04 Å². The third-order valence-electron chi connectivity index (χ3n) is 6.26. The van der Waals surface area contributed by atoms with Gasteiger partial charge in [-0.15, -0.1) is 0 Å². The summed E-state index contributed by atoms with van der Waals surface area (Å²) in [4.78, 5) is 29.1. The molecule has 1 N–H and O–H groups in total. The van der Waals surface area contributed by atoms with Crippen LogP contribution in [0.15, 0.2) is 84.9 Å². The maximum atomic E-state index is 13.9. The summed E-state index contributed by atoms with van der Waals surface area (Å²) in [7, 11) is -3.55. The molecule has 3 rings (SSSR count). The molecule has 3 aromatic carbocycles. The highest BCUT2D eigenvalue weighted by atomic mass is 35.5. The predicted molar refractivity (Wildman–Crippen MR) is 162 cm³/mol. The molecule has 9 heteroatoms. The Morgan fingerprint density at radius 3 is 2.05 bits per heavy atom. The lowest BCUT2D eigenvalue weighted by molar-refractivity contribution is -0.142. The normalized spacial score (nSPS) is 12.4. The third-order valence-corrected chi connectivity index (χ3v) is 7.83. The minimum atomic E-state index is -3.55. The van der Waals surface area contributed by atoms with Crippen LogP contribution in [0, 0.1) is 0 Å². The number of rotatable bonds is 12. The lowest BCUT2D eigenvalue weighted by Crippen LogP contribution is -2.54.